The second-order valence-corrected chi connectivity index (χ2v) is 5.92. The van der Waals surface area contributed by atoms with E-state index in [9.17, 15) is 4.21 Å². The van der Waals surface area contributed by atoms with Crippen molar-refractivity contribution in [2.75, 3.05) is 17.3 Å². The molecule has 0 fully saturated rings. The highest BCUT2D eigenvalue weighted by molar-refractivity contribution is 7.84. The van der Waals surface area contributed by atoms with E-state index in [1.165, 1.54) is 0 Å². The number of benzene rings is 1. The van der Waals surface area contributed by atoms with Gasteiger partial charge in [0.2, 0.25) is 5.95 Å². The molecule has 0 saturated carbocycles. The molecule has 0 aliphatic carbocycles. The third-order valence-electron chi connectivity index (χ3n) is 2.68. The molecule has 1 N–H and O–H groups in total. The molecule has 0 radical (unpaired) electrons. The molecule has 0 aliphatic heterocycles. The first-order chi connectivity index (χ1) is 9.16. The summed E-state index contributed by atoms with van der Waals surface area (Å²) in [6.07, 6.45) is 2.52. The Morgan fingerprint density at radius 3 is 2.79 bits per heavy atom. The summed E-state index contributed by atoms with van der Waals surface area (Å²) in [5, 5.41) is 14.9. The van der Waals surface area contributed by atoms with Crippen LogP contribution in [0.3, 0.4) is 0 Å². The van der Waals surface area contributed by atoms with Crippen LogP contribution in [0, 0.1) is 0 Å². The van der Waals surface area contributed by atoms with Gasteiger partial charge in [0.1, 0.15) is 0 Å². The molecule has 1 aromatic heterocycles. The Balaban J connectivity index is 2.06. The van der Waals surface area contributed by atoms with E-state index in [4.69, 9.17) is 0 Å². The van der Waals surface area contributed by atoms with Crippen LogP contribution in [0.25, 0.3) is 5.69 Å². The van der Waals surface area contributed by atoms with E-state index in [1.807, 2.05) is 37.3 Å². The van der Waals surface area contributed by atoms with Gasteiger partial charge in [-0.15, -0.1) is 0 Å². The van der Waals surface area contributed by atoms with Crippen LogP contribution in [0.15, 0.2) is 30.3 Å². The van der Waals surface area contributed by atoms with E-state index >= 15 is 0 Å². The maximum Gasteiger partial charge on any atom is 0.247 e. The minimum absolute atomic E-state index is 0.164. The van der Waals surface area contributed by atoms with Gasteiger partial charge in [0.15, 0.2) is 0 Å². The van der Waals surface area contributed by atoms with Crippen molar-refractivity contribution in [2.45, 2.75) is 19.4 Å². The van der Waals surface area contributed by atoms with Crippen molar-refractivity contribution in [3.8, 4) is 5.69 Å². The lowest BCUT2D eigenvalue weighted by molar-refractivity contribution is 0.677. The minimum atomic E-state index is -0.774. The first-order valence-corrected chi connectivity index (χ1v) is 7.80. The zero-order chi connectivity index (χ0) is 13.7. The molecule has 102 valence electrons. The number of hydrogen-bond donors (Lipinski definition) is 1. The molecular weight excluding hydrogens is 262 g/mol. The molecule has 0 bridgehead atoms. The smallest absolute Gasteiger partial charge is 0.247 e. The first-order valence-electron chi connectivity index (χ1n) is 6.07. The second-order valence-electron chi connectivity index (χ2n) is 4.36. The van der Waals surface area contributed by atoms with Gasteiger partial charge in [-0.3, -0.25) is 4.21 Å². The molecule has 0 spiro atoms. The van der Waals surface area contributed by atoms with E-state index in [1.54, 1.807) is 10.9 Å². The van der Waals surface area contributed by atoms with Gasteiger partial charge in [0, 0.05) is 28.9 Å². The largest absolute Gasteiger partial charge is 0.350 e. The summed E-state index contributed by atoms with van der Waals surface area (Å²) in [5.41, 5.74) is 0.904. The summed E-state index contributed by atoms with van der Waals surface area (Å²) < 4.78 is 12.7. The Morgan fingerprint density at radius 2 is 2.11 bits per heavy atom. The van der Waals surface area contributed by atoms with Crippen molar-refractivity contribution < 1.29 is 4.21 Å². The van der Waals surface area contributed by atoms with Crippen LogP contribution in [0.1, 0.15) is 13.3 Å². The lowest BCUT2D eigenvalue weighted by Gasteiger charge is -2.13. The zero-order valence-electron chi connectivity index (χ0n) is 11.0. The lowest BCUT2D eigenvalue weighted by Crippen LogP contribution is -2.20. The number of anilines is 1. The molecule has 2 rings (SSSR count). The summed E-state index contributed by atoms with van der Waals surface area (Å²) in [6.45, 7) is 2.02. The van der Waals surface area contributed by atoms with Gasteiger partial charge in [-0.1, -0.05) is 23.3 Å². The van der Waals surface area contributed by atoms with Crippen molar-refractivity contribution in [1.82, 2.24) is 20.2 Å². The quantitative estimate of drug-likeness (QED) is 0.861. The summed E-state index contributed by atoms with van der Waals surface area (Å²) in [5.74, 6) is 1.27. The van der Waals surface area contributed by atoms with Crippen molar-refractivity contribution in [3.05, 3.63) is 30.3 Å². The number of nitrogens with one attached hydrogen (secondary N) is 1. The average molecular weight is 279 g/mol. The minimum Gasteiger partial charge on any atom is -0.350 e. The Hall–Kier alpha value is -1.76. The maximum absolute atomic E-state index is 11.1. The predicted octanol–water partition coefficient (Wildman–Crippen LogP) is 1.23. The van der Waals surface area contributed by atoms with E-state index in [2.05, 4.69) is 20.8 Å². The highest BCUT2D eigenvalue weighted by atomic mass is 32.2. The molecule has 2 atom stereocenters. The predicted molar refractivity (Wildman–Crippen MR) is 75.8 cm³/mol. The maximum atomic E-state index is 11.1. The fraction of sp³-hybridized carbons (Fsp3) is 0.417. The van der Waals surface area contributed by atoms with Gasteiger partial charge in [-0.05, 0) is 35.9 Å². The normalized spacial score (nSPS) is 14.0. The second kappa shape index (κ2) is 6.42. The van der Waals surface area contributed by atoms with E-state index in [-0.39, 0.29) is 6.04 Å². The van der Waals surface area contributed by atoms with E-state index in [0.717, 1.165) is 12.1 Å². The van der Waals surface area contributed by atoms with Gasteiger partial charge < -0.3 is 5.32 Å². The molecule has 7 heteroatoms. The monoisotopic (exact) mass is 279 g/mol. The number of tetrazole rings is 1. The van der Waals surface area contributed by atoms with Crippen LogP contribution in [-0.2, 0) is 10.8 Å². The van der Waals surface area contributed by atoms with E-state index < -0.39 is 10.8 Å². The third-order valence-corrected chi connectivity index (χ3v) is 3.49. The Kier molecular flexibility index (Phi) is 4.62. The summed E-state index contributed by atoms with van der Waals surface area (Å²) in [4.78, 5) is 0. The molecule has 2 unspecified atom stereocenters. The lowest BCUT2D eigenvalue weighted by atomic mass is 10.3. The van der Waals surface area contributed by atoms with Crippen LogP contribution in [0.5, 0.6) is 0 Å². The molecule has 19 heavy (non-hydrogen) atoms. The van der Waals surface area contributed by atoms with Crippen LogP contribution in [-0.4, -0.2) is 42.5 Å². The first kappa shape index (κ1) is 13.7. The molecule has 0 saturated heterocycles. The Bertz CT molecular complexity index is 542. The molecular formula is C12H17N5OS. The summed E-state index contributed by atoms with van der Waals surface area (Å²) >= 11 is 0. The zero-order valence-corrected chi connectivity index (χ0v) is 11.8. The number of para-hydroxylation sites is 1. The number of rotatable bonds is 6. The van der Waals surface area contributed by atoms with Crippen molar-refractivity contribution in [1.29, 1.82) is 0 Å². The Morgan fingerprint density at radius 1 is 1.37 bits per heavy atom. The van der Waals surface area contributed by atoms with Crippen LogP contribution in [0.4, 0.5) is 5.95 Å². The molecule has 0 amide bonds. The SMILES string of the molecule is CC(CCS(C)=O)Nc1nnnn1-c1ccccc1. The molecule has 6 nitrogen and oxygen atoms in total. The average Bonchev–Trinajstić information content (AvgIpc) is 2.85. The highest BCUT2D eigenvalue weighted by Gasteiger charge is 2.11. The van der Waals surface area contributed by atoms with Gasteiger partial charge >= 0.3 is 0 Å². The van der Waals surface area contributed by atoms with Gasteiger partial charge in [0.25, 0.3) is 0 Å². The fourth-order valence-electron chi connectivity index (χ4n) is 1.66. The third kappa shape index (κ3) is 3.85. The van der Waals surface area contributed by atoms with Crippen molar-refractivity contribution >= 4 is 16.7 Å². The summed E-state index contributed by atoms with van der Waals surface area (Å²) in [6, 6.07) is 9.85. The summed E-state index contributed by atoms with van der Waals surface area (Å²) in [7, 11) is -0.774. The molecule has 2 aromatic rings. The molecule has 1 aromatic carbocycles. The number of hydrogen-bond acceptors (Lipinski definition) is 5. The standard InChI is InChI=1S/C12H17N5OS/c1-10(8-9-19(2)18)13-12-14-15-16-17(12)11-6-4-3-5-7-11/h3-7,10H,8-9H2,1-2H3,(H,13,14,16). The van der Waals surface area contributed by atoms with E-state index in [0.29, 0.717) is 11.7 Å². The fourth-order valence-corrected chi connectivity index (χ4v) is 2.34. The topological polar surface area (TPSA) is 72.7 Å². The number of aromatic nitrogens is 4. The van der Waals surface area contributed by atoms with Gasteiger partial charge in [-0.25, -0.2) is 0 Å². The van der Waals surface area contributed by atoms with Gasteiger partial charge in [-0.2, -0.15) is 4.68 Å². The van der Waals surface area contributed by atoms with Crippen molar-refractivity contribution in [3.63, 3.8) is 0 Å². The molecule has 1 heterocycles. The van der Waals surface area contributed by atoms with Crippen LogP contribution in [0.2, 0.25) is 0 Å². The van der Waals surface area contributed by atoms with Crippen molar-refractivity contribution in [2.24, 2.45) is 0 Å². The van der Waals surface area contributed by atoms with Gasteiger partial charge in [0.05, 0.1) is 5.69 Å². The Labute approximate surface area is 114 Å². The molecule has 0 aliphatic rings. The van der Waals surface area contributed by atoms with Crippen LogP contribution < -0.4 is 5.32 Å². The number of nitrogens with zero attached hydrogens (tertiary/aromatic N) is 4. The van der Waals surface area contributed by atoms with Crippen LogP contribution >= 0.6 is 0 Å². The highest BCUT2D eigenvalue weighted by Crippen LogP contribution is 2.12.